The second-order valence-electron chi connectivity index (χ2n) is 34.8. The minimum Gasteiger partial charge on any atom is -0.440 e. The summed E-state index contributed by atoms with van der Waals surface area (Å²) in [5, 5.41) is 19.0. The van der Waals surface area contributed by atoms with Crippen LogP contribution in [0.5, 0.6) is 5.75 Å². The van der Waals surface area contributed by atoms with Crippen LogP contribution in [0.15, 0.2) is 258 Å². The molecule has 0 aliphatic carbocycles. The minimum absolute atomic E-state index is 0. The van der Waals surface area contributed by atoms with Gasteiger partial charge in [-0.2, -0.15) is 0 Å². The van der Waals surface area contributed by atoms with Crippen LogP contribution in [0.1, 0.15) is 267 Å². The highest BCUT2D eigenvalue weighted by Crippen LogP contribution is 2.43. The number of pyridine rings is 1. The van der Waals surface area contributed by atoms with Crippen molar-refractivity contribution in [1.82, 2.24) is 39.9 Å². The number of allylic oxidation sites excluding steroid dienone is 2. The Morgan fingerprint density at radius 2 is 0.967 bits per heavy atom. The molecule has 1 unspecified atom stereocenters. The number of aromatic amines is 5. The summed E-state index contributed by atoms with van der Waals surface area (Å²) in [7, 11) is 0. The highest BCUT2D eigenvalue weighted by Gasteiger charge is 2.21. The van der Waals surface area contributed by atoms with Crippen molar-refractivity contribution >= 4 is 119 Å². The molecular weight excluding hydrogens is 1570 g/mol. The Morgan fingerprint density at radius 1 is 0.447 bits per heavy atom. The standard InChI is InChI=1S/2C12H15N.C11H12ClN.C11H13NO.C11H15NS.C11H13NS.3C10H12N2.C7H11N.CH4/c1-8(2)11-6-9(3)12-10(7-11)4-5-13-12;1-8(2)10-4-5-12-11(7-10)6-9(3)13-12;1-7(2)8-3-4-10-9(11(8)12)5-6-13-10;3*1-7(2)9-4-5-10-11(6-9)13-8(3)12-10;1-7(2)9-5-8-3-4-11-10(8)12-6-9;2*1-7(2)8-3-4-9-10(5-8)12-6-11-9;1-6(2)7-3-4-8-5-7;/h4-8,13H,1-3H3;4-5,7-8,13H,3,6H2,1-2H3;3-7,13H,1-2H3;4-7,12H,3H2,1-2H3;4-8,12H,1-3H3;4-7,12H,3H2,1-2H3;3*3-7H,1-2H3,(H,11,12);3,5-6H,4H2,1-2H3;1H4. The van der Waals surface area contributed by atoms with Gasteiger partial charge in [-0.25, -0.2) is 15.0 Å². The van der Waals surface area contributed by atoms with Crippen molar-refractivity contribution < 1.29 is 4.74 Å². The quantitative estimate of drug-likeness (QED) is 0.0638. The van der Waals surface area contributed by atoms with Crippen LogP contribution in [0.2, 0.25) is 5.02 Å². The number of aliphatic imine (C=N–C) groups is 1. The SMILES string of the molecule is C.C=C1Cc2cc(C(C)C)ccc2N1.C=C1Nc2ccc(C(C)C)cc2O1.C=C1Nc2ccc(C(C)C)cc2S1.CC(C)C1=CCN=C1.CC(C)c1ccc2[nH]ccc2c1Cl.CC(C)c1ccc2nc[nH]c2c1.CC(C)c1ccc2nc[nH]c2c1.CC(C)c1cnc2[nH]ccc2c1.CC1Nc2ccc(C(C)C)cc2S1.Cc1cc(C(C)C)cc2cc[nH]c12. The molecule has 5 aliphatic rings. The summed E-state index contributed by atoms with van der Waals surface area (Å²) in [5.41, 5.74) is 29.8. The smallest absolute Gasteiger partial charge is 0.190 e. The fourth-order valence-corrected chi connectivity index (χ4v) is 16.3. The Bertz CT molecular complexity index is 5540. The molecule has 14 nitrogen and oxygen atoms in total. The van der Waals surface area contributed by atoms with Crippen LogP contribution in [0.25, 0.3) is 54.9 Å². The molecule has 0 saturated carbocycles. The molecule has 0 radical (unpaired) electrons. The summed E-state index contributed by atoms with van der Waals surface area (Å²) in [6, 6.07) is 55.9. The van der Waals surface area contributed by atoms with E-state index in [1.165, 1.54) is 110 Å². The third-order valence-corrected chi connectivity index (χ3v) is 24.1. The Kier molecular flexibility index (Phi) is 35.0. The van der Waals surface area contributed by atoms with Crippen molar-refractivity contribution in [2.45, 2.75) is 235 Å². The molecule has 14 aromatic rings. The maximum Gasteiger partial charge on any atom is 0.190 e. The molecule has 0 saturated heterocycles. The summed E-state index contributed by atoms with van der Waals surface area (Å²) in [5.74, 6) is 7.31. The number of nitrogens with one attached hydrogen (secondary N) is 9. The average molecular weight is 1710 g/mol. The van der Waals surface area contributed by atoms with Gasteiger partial charge in [-0.3, -0.25) is 4.99 Å². The number of hydrogen-bond acceptors (Lipinski definition) is 11. The van der Waals surface area contributed by atoms with Gasteiger partial charge in [0, 0.05) is 86.1 Å². The van der Waals surface area contributed by atoms with Gasteiger partial charge in [0.2, 0.25) is 0 Å². The number of halogens is 1. The first-order valence-corrected chi connectivity index (χ1v) is 45.3. The number of hydrogen-bond donors (Lipinski definition) is 9. The molecule has 123 heavy (non-hydrogen) atoms. The fourth-order valence-electron chi connectivity index (χ4n) is 14.0. The molecule has 1 atom stereocenters. The second-order valence-corrected chi connectivity index (χ2v) is 37.7. The highest BCUT2D eigenvalue weighted by molar-refractivity contribution is 8.03. The number of ether oxygens (including phenoxy) is 1. The van der Waals surface area contributed by atoms with E-state index in [9.17, 15) is 0 Å². The summed E-state index contributed by atoms with van der Waals surface area (Å²) < 4.78 is 5.39. The van der Waals surface area contributed by atoms with E-state index in [0.29, 0.717) is 70.4 Å². The highest BCUT2D eigenvalue weighted by atomic mass is 35.5. The molecule has 6 aromatic heterocycles. The third kappa shape index (κ3) is 26.8. The lowest BCUT2D eigenvalue weighted by molar-refractivity contribution is 0.459. The predicted molar refractivity (Wildman–Crippen MR) is 538 cm³/mol. The number of anilines is 4. The van der Waals surface area contributed by atoms with Crippen molar-refractivity contribution in [2.75, 3.05) is 27.8 Å². The number of aromatic nitrogens is 8. The minimum atomic E-state index is 0. The molecule has 8 aromatic carbocycles. The molecular formula is C106H134ClN13OS2. The first-order chi connectivity index (χ1) is 58.2. The zero-order valence-electron chi connectivity index (χ0n) is 75.9. The molecule has 19 rings (SSSR count). The van der Waals surface area contributed by atoms with E-state index < -0.39 is 0 Å². The molecule has 0 spiro atoms. The van der Waals surface area contributed by atoms with E-state index in [4.69, 9.17) is 16.3 Å². The van der Waals surface area contributed by atoms with Crippen molar-refractivity contribution in [3.05, 3.63) is 309 Å². The van der Waals surface area contributed by atoms with Gasteiger partial charge in [-0.15, -0.1) is 0 Å². The number of fused-ring (bicyclic) bond motifs is 9. The van der Waals surface area contributed by atoms with Gasteiger partial charge in [-0.05, 0) is 255 Å². The number of thioether (sulfide) groups is 2. The van der Waals surface area contributed by atoms with E-state index in [2.05, 4.69) is 384 Å². The van der Waals surface area contributed by atoms with Crippen molar-refractivity contribution in [2.24, 2.45) is 10.9 Å². The van der Waals surface area contributed by atoms with Crippen LogP contribution in [0, 0.1) is 12.8 Å². The first kappa shape index (κ1) is 95.9. The lowest BCUT2D eigenvalue weighted by atomic mass is 9.99. The van der Waals surface area contributed by atoms with Crippen molar-refractivity contribution in [1.29, 1.82) is 0 Å². The zero-order valence-corrected chi connectivity index (χ0v) is 78.3. The van der Waals surface area contributed by atoms with Crippen LogP contribution in [0.3, 0.4) is 0 Å². The normalized spacial score (nSPS) is 13.5. The number of imidazole rings is 2. The van der Waals surface area contributed by atoms with Gasteiger partial charge in [0.05, 0.1) is 68.1 Å². The maximum absolute atomic E-state index is 6.26. The molecule has 17 heteroatoms. The Labute approximate surface area is 746 Å². The van der Waals surface area contributed by atoms with Crippen LogP contribution < -0.4 is 26.0 Å². The summed E-state index contributed by atoms with van der Waals surface area (Å²) in [6.45, 7) is 60.7. The summed E-state index contributed by atoms with van der Waals surface area (Å²) in [6.07, 6.45) is 16.3. The Hall–Kier alpha value is -10.9. The Morgan fingerprint density at radius 3 is 1.54 bits per heavy atom. The number of H-pyrrole nitrogens is 5. The summed E-state index contributed by atoms with van der Waals surface area (Å²) >= 11 is 9.89. The fraction of sp³-hybridized carbons (Fsp3) is 0.340. The molecule has 0 fully saturated rings. The lowest BCUT2D eigenvalue weighted by Gasteiger charge is -2.08. The molecule has 11 heterocycles. The molecule has 0 bridgehead atoms. The average Bonchev–Trinajstić information content (AvgIpc) is 1.71. The van der Waals surface area contributed by atoms with Crippen LogP contribution >= 0.6 is 35.1 Å². The lowest BCUT2D eigenvalue weighted by Crippen LogP contribution is -2.02. The van der Waals surface area contributed by atoms with Crippen LogP contribution in [-0.2, 0) is 6.42 Å². The van der Waals surface area contributed by atoms with E-state index in [0.717, 1.165) is 78.8 Å². The van der Waals surface area contributed by atoms with E-state index in [-0.39, 0.29) is 7.43 Å². The van der Waals surface area contributed by atoms with Crippen molar-refractivity contribution in [3.8, 4) is 5.75 Å². The molecule has 0 amide bonds. The third-order valence-electron chi connectivity index (χ3n) is 21.7. The van der Waals surface area contributed by atoms with Gasteiger partial charge in [0.25, 0.3) is 0 Å². The first-order valence-electron chi connectivity index (χ1n) is 43.2. The maximum atomic E-state index is 6.26. The van der Waals surface area contributed by atoms with Gasteiger partial charge < -0.3 is 50.9 Å². The molecule has 9 N–H and O–H groups in total. The summed E-state index contributed by atoms with van der Waals surface area (Å²) in [4.78, 5) is 35.1. The Balaban J connectivity index is 0.000000155. The van der Waals surface area contributed by atoms with Gasteiger partial charge in [0.1, 0.15) is 5.65 Å². The second kappa shape index (κ2) is 44.9. The monoisotopic (exact) mass is 1700 g/mol. The van der Waals surface area contributed by atoms with Crippen LogP contribution in [-0.4, -0.2) is 58.0 Å². The predicted octanol–water partition coefficient (Wildman–Crippen LogP) is 31.7. The van der Waals surface area contributed by atoms with Gasteiger partial charge in [0.15, 0.2) is 11.6 Å². The van der Waals surface area contributed by atoms with Crippen LogP contribution in [0.4, 0.5) is 22.7 Å². The van der Waals surface area contributed by atoms with E-state index in [1.54, 1.807) is 24.4 Å². The number of nitrogens with zero attached hydrogens (tertiary/aromatic N) is 4. The van der Waals surface area contributed by atoms with Crippen molar-refractivity contribution in [3.63, 3.8) is 0 Å². The van der Waals surface area contributed by atoms with E-state index >= 15 is 0 Å². The molecule has 648 valence electrons. The topological polar surface area (TPSA) is 187 Å². The number of benzene rings is 8. The number of rotatable bonds is 10. The van der Waals surface area contributed by atoms with Gasteiger partial charge in [-0.1, -0.05) is 255 Å². The van der Waals surface area contributed by atoms with Gasteiger partial charge >= 0.3 is 0 Å². The largest absolute Gasteiger partial charge is 0.440 e. The van der Waals surface area contributed by atoms with E-state index in [1.807, 2.05) is 61.0 Å². The number of aryl methyl sites for hydroxylation is 1. The zero-order chi connectivity index (χ0) is 88.2. The molecule has 5 aliphatic heterocycles.